The number of ether oxygens (including phenoxy) is 1. The van der Waals surface area contributed by atoms with Crippen LogP contribution in [-0.4, -0.2) is 57.0 Å². The first kappa shape index (κ1) is 19.6. The minimum atomic E-state index is 0.634. The van der Waals surface area contributed by atoms with Gasteiger partial charge in [-0.2, -0.15) is 0 Å². The van der Waals surface area contributed by atoms with Gasteiger partial charge in [0.2, 0.25) is 0 Å². The van der Waals surface area contributed by atoms with E-state index in [0.717, 1.165) is 44.4 Å². The van der Waals surface area contributed by atoms with Gasteiger partial charge in [0.25, 0.3) is 0 Å². The molecule has 1 N–H and O–H groups in total. The summed E-state index contributed by atoms with van der Waals surface area (Å²) in [6.45, 7) is 3.95. The Hall–Kier alpha value is -0.720. The van der Waals surface area contributed by atoms with Gasteiger partial charge in [-0.25, -0.2) is 0 Å². The summed E-state index contributed by atoms with van der Waals surface area (Å²) in [5, 5.41) is 3.50. The van der Waals surface area contributed by atoms with E-state index in [0.29, 0.717) is 5.92 Å². The molecular weight excluding hydrogens is 386 g/mol. The zero-order chi connectivity index (χ0) is 17.2. The van der Waals surface area contributed by atoms with E-state index < -0.39 is 0 Å². The molecular formula is C18H28BrN3OS. The molecule has 0 bridgehead atoms. The van der Waals surface area contributed by atoms with Crippen molar-refractivity contribution >= 4 is 33.7 Å². The molecule has 1 aliphatic rings. The Morgan fingerprint density at radius 1 is 1.42 bits per heavy atom. The van der Waals surface area contributed by atoms with Crippen molar-refractivity contribution in [1.82, 2.24) is 10.2 Å². The second kappa shape index (κ2) is 11.0. The van der Waals surface area contributed by atoms with Crippen LogP contribution in [0.25, 0.3) is 0 Å². The molecule has 4 nitrogen and oxygen atoms in total. The van der Waals surface area contributed by atoms with E-state index in [1.165, 1.54) is 22.2 Å². The van der Waals surface area contributed by atoms with Crippen LogP contribution in [0.1, 0.15) is 19.3 Å². The quantitative estimate of drug-likeness (QED) is 0.303. The van der Waals surface area contributed by atoms with Crippen LogP contribution < -0.4 is 5.32 Å². The molecule has 0 saturated carbocycles. The highest BCUT2D eigenvalue weighted by molar-refractivity contribution is 9.10. The first-order chi connectivity index (χ1) is 11.7. The van der Waals surface area contributed by atoms with Gasteiger partial charge in [0.15, 0.2) is 5.96 Å². The van der Waals surface area contributed by atoms with Gasteiger partial charge in [-0.3, -0.25) is 4.99 Å². The molecule has 0 aliphatic carbocycles. The normalized spacial score (nSPS) is 18.2. The van der Waals surface area contributed by atoms with Crippen molar-refractivity contribution in [3.05, 3.63) is 28.7 Å². The van der Waals surface area contributed by atoms with E-state index in [4.69, 9.17) is 4.74 Å². The zero-order valence-corrected chi connectivity index (χ0v) is 17.0. The average molecular weight is 414 g/mol. The number of thioether (sulfide) groups is 1. The molecule has 1 aliphatic heterocycles. The number of guanidine groups is 1. The predicted octanol–water partition coefficient (Wildman–Crippen LogP) is 3.87. The van der Waals surface area contributed by atoms with Crippen LogP contribution >= 0.6 is 27.7 Å². The van der Waals surface area contributed by atoms with Gasteiger partial charge in [-0.15, -0.1) is 11.8 Å². The van der Waals surface area contributed by atoms with E-state index in [9.17, 15) is 0 Å². The summed E-state index contributed by atoms with van der Waals surface area (Å²) in [4.78, 5) is 8.09. The molecule has 0 amide bonds. The molecule has 2 rings (SSSR count). The zero-order valence-electron chi connectivity index (χ0n) is 14.6. The first-order valence-electron chi connectivity index (χ1n) is 8.56. The van der Waals surface area contributed by atoms with Gasteiger partial charge in [-0.1, -0.05) is 12.1 Å². The molecule has 0 radical (unpaired) electrons. The fourth-order valence-electron chi connectivity index (χ4n) is 2.90. The summed E-state index contributed by atoms with van der Waals surface area (Å²) in [6.07, 6.45) is 3.55. The Morgan fingerprint density at radius 3 is 3.00 bits per heavy atom. The number of hydrogen-bond acceptors (Lipinski definition) is 3. The lowest BCUT2D eigenvalue weighted by molar-refractivity contribution is 0.157. The van der Waals surface area contributed by atoms with Crippen LogP contribution in [-0.2, 0) is 4.74 Å². The number of nitrogens with zero attached hydrogens (tertiary/aromatic N) is 2. The standard InChI is InChI=1S/C18H28BrN3OS/c1-20-18(22-11-9-15(13-22)14-23-2)21-10-5-6-12-24-17-8-4-3-7-16(17)19/h3-4,7-8,15H,5-6,9-14H2,1-2H3,(H,20,21). The van der Waals surface area contributed by atoms with E-state index in [2.05, 4.69) is 55.4 Å². The Labute approximate surface area is 158 Å². The SMILES string of the molecule is CN=C(NCCCCSc1ccccc1Br)N1CCC(COC)C1. The Kier molecular flexibility index (Phi) is 8.99. The summed E-state index contributed by atoms with van der Waals surface area (Å²) < 4.78 is 6.45. The van der Waals surface area contributed by atoms with Gasteiger partial charge in [0.1, 0.15) is 0 Å². The number of rotatable bonds is 8. The van der Waals surface area contributed by atoms with Crippen molar-refractivity contribution in [3.8, 4) is 0 Å². The van der Waals surface area contributed by atoms with Crippen LogP contribution in [0.5, 0.6) is 0 Å². The second-order valence-corrected chi connectivity index (χ2v) is 8.01. The number of hydrogen-bond donors (Lipinski definition) is 1. The average Bonchev–Trinajstić information content (AvgIpc) is 3.04. The second-order valence-electron chi connectivity index (χ2n) is 6.02. The monoisotopic (exact) mass is 413 g/mol. The predicted molar refractivity (Wildman–Crippen MR) is 107 cm³/mol. The topological polar surface area (TPSA) is 36.9 Å². The Balaban J connectivity index is 1.60. The fraction of sp³-hybridized carbons (Fsp3) is 0.611. The van der Waals surface area contributed by atoms with Gasteiger partial charge >= 0.3 is 0 Å². The van der Waals surface area contributed by atoms with Gasteiger partial charge < -0.3 is 15.0 Å². The van der Waals surface area contributed by atoms with E-state index in [1.54, 1.807) is 7.11 Å². The van der Waals surface area contributed by atoms with Crippen molar-refractivity contribution in [2.75, 3.05) is 46.2 Å². The molecule has 0 spiro atoms. The van der Waals surface area contributed by atoms with Crippen molar-refractivity contribution in [2.45, 2.75) is 24.2 Å². The van der Waals surface area contributed by atoms with E-state index in [-0.39, 0.29) is 0 Å². The molecule has 0 aromatic heterocycles. The molecule has 134 valence electrons. The summed E-state index contributed by atoms with van der Waals surface area (Å²) in [6, 6.07) is 8.41. The number of nitrogens with one attached hydrogen (secondary N) is 1. The summed E-state index contributed by atoms with van der Waals surface area (Å²) >= 11 is 5.51. The third-order valence-corrected chi connectivity index (χ3v) is 6.26. The molecule has 1 fully saturated rings. The highest BCUT2D eigenvalue weighted by Gasteiger charge is 2.24. The van der Waals surface area contributed by atoms with Crippen LogP contribution in [0, 0.1) is 5.92 Å². The molecule has 1 heterocycles. The molecule has 1 saturated heterocycles. The van der Waals surface area contributed by atoms with Crippen molar-refractivity contribution < 1.29 is 4.74 Å². The van der Waals surface area contributed by atoms with Gasteiger partial charge in [0.05, 0.1) is 6.61 Å². The Bertz CT molecular complexity index is 527. The first-order valence-corrected chi connectivity index (χ1v) is 10.3. The maximum atomic E-state index is 5.27. The number of aliphatic imine (C=N–C) groups is 1. The highest BCUT2D eigenvalue weighted by atomic mass is 79.9. The minimum absolute atomic E-state index is 0.634. The van der Waals surface area contributed by atoms with Crippen molar-refractivity contribution in [3.63, 3.8) is 0 Å². The van der Waals surface area contributed by atoms with Crippen LogP contribution in [0.15, 0.2) is 38.6 Å². The third-order valence-electron chi connectivity index (χ3n) is 4.15. The minimum Gasteiger partial charge on any atom is -0.384 e. The fourth-order valence-corrected chi connectivity index (χ4v) is 4.48. The number of likely N-dealkylation sites (tertiary alicyclic amines) is 1. The summed E-state index contributed by atoms with van der Waals surface area (Å²) in [7, 11) is 3.65. The molecule has 1 aromatic rings. The molecule has 1 aromatic carbocycles. The maximum absolute atomic E-state index is 5.27. The van der Waals surface area contributed by atoms with E-state index in [1.807, 2.05) is 18.8 Å². The van der Waals surface area contributed by atoms with E-state index >= 15 is 0 Å². The Morgan fingerprint density at radius 2 is 2.25 bits per heavy atom. The van der Waals surface area contributed by atoms with Crippen LogP contribution in [0.4, 0.5) is 0 Å². The lowest BCUT2D eigenvalue weighted by Crippen LogP contribution is -2.40. The summed E-state index contributed by atoms with van der Waals surface area (Å²) in [5.41, 5.74) is 0. The van der Waals surface area contributed by atoms with Crippen molar-refractivity contribution in [1.29, 1.82) is 0 Å². The van der Waals surface area contributed by atoms with Crippen molar-refractivity contribution in [2.24, 2.45) is 10.9 Å². The molecule has 1 atom stereocenters. The number of benzene rings is 1. The molecule has 1 unspecified atom stereocenters. The number of unbranched alkanes of at least 4 members (excludes halogenated alkanes) is 1. The van der Waals surface area contributed by atoms with Crippen LogP contribution in [0.3, 0.4) is 0 Å². The molecule has 6 heteroatoms. The number of methoxy groups -OCH3 is 1. The number of halogens is 1. The largest absolute Gasteiger partial charge is 0.384 e. The van der Waals surface area contributed by atoms with Gasteiger partial charge in [-0.05, 0) is 53.1 Å². The summed E-state index contributed by atoms with van der Waals surface area (Å²) in [5.74, 6) is 2.81. The third kappa shape index (κ3) is 6.30. The maximum Gasteiger partial charge on any atom is 0.193 e. The lowest BCUT2D eigenvalue weighted by Gasteiger charge is -2.21. The highest BCUT2D eigenvalue weighted by Crippen LogP contribution is 2.27. The molecule has 24 heavy (non-hydrogen) atoms. The van der Waals surface area contributed by atoms with Gasteiger partial charge in [0, 0.05) is 49.1 Å². The van der Waals surface area contributed by atoms with Crippen LogP contribution in [0.2, 0.25) is 0 Å². The smallest absolute Gasteiger partial charge is 0.193 e. The lowest BCUT2D eigenvalue weighted by atomic mass is 10.1.